The maximum absolute atomic E-state index is 12.8. The zero-order valence-corrected chi connectivity index (χ0v) is 13.6. The number of aryl methyl sites for hydroxylation is 1. The van der Waals surface area contributed by atoms with Gasteiger partial charge in [0.1, 0.15) is 0 Å². The number of nitrogens with zero attached hydrogens (tertiary/aromatic N) is 1. The van der Waals surface area contributed by atoms with E-state index in [-0.39, 0.29) is 0 Å². The Kier molecular flexibility index (Phi) is 5.71. The van der Waals surface area contributed by atoms with Gasteiger partial charge < -0.3 is 5.73 Å². The lowest BCUT2D eigenvalue weighted by Gasteiger charge is -2.22. The molecule has 0 heterocycles. The standard InChI is InChI=1S/C17H22N2O2S/c1-15-7-5-6-10-17(15)22(20,21)19(14-12-18)13-11-16-8-3-2-4-9-16/h2-10H,11-14,18H2,1H3. The Morgan fingerprint density at radius 2 is 1.59 bits per heavy atom. The fraction of sp³-hybridized carbons (Fsp3) is 0.294. The van der Waals surface area contributed by atoms with Gasteiger partial charge in [-0.15, -0.1) is 0 Å². The zero-order valence-electron chi connectivity index (χ0n) is 12.8. The largest absolute Gasteiger partial charge is 0.329 e. The average Bonchev–Trinajstić information content (AvgIpc) is 2.52. The molecule has 22 heavy (non-hydrogen) atoms. The Morgan fingerprint density at radius 1 is 0.955 bits per heavy atom. The average molecular weight is 318 g/mol. The Morgan fingerprint density at radius 3 is 2.23 bits per heavy atom. The number of nitrogens with two attached hydrogens (primary N) is 1. The third-order valence-electron chi connectivity index (χ3n) is 3.58. The molecule has 0 bridgehead atoms. The molecule has 5 heteroatoms. The number of hydrogen-bond donors (Lipinski definition) is 1. The molecular formula is C17H22N2O2S. The van der Waals surface area contributed by atoms with E-state index in [0.717, 1.165) is 11.1 Å². The Bertz CT molecular complexity index is 700. The van der Waals surface area contributed by atoms with Crippen LogP contribution in [0.25, 0.3) is 0 Å². The molecule has 0 saturated heterocycles. The van der Waals surface area contributed by atoms with Crippen LogP contribution in [0.3, 0.4) is 0 Å². The second-order valence-corrected chi connectivity index (χ2v) is 7.10. The molecule has 0 radical (unpaired) electrons. The van der Waals surface area contributed by atoms with Crippen LogP contribution in [0.1, 0.15) is 11.1 Å². The fourth-order valence-corrected chi connectivity index (χ4v) is 4.06. The molecule has 0 spiro atoms. The summed E-state index contributed by atoms with van der Waals surface area (Å²) in [5.74, 6) is 0. The van der Waals surface area contributed by atoms with Gasteiger partial charge in [0.25, 0.3) is 0 Å². The van der Waals surface area contributed by atoms with Crippen molar-refractivity contribution in [2.24, 2.45) is 5.73 Å². The van der Waals surface area contributed by atoms with E-state index in [1.807, 2.05) is 49.4 Å². The van der Waals surface area contributed by atoms with E-state index in [9.17, 15) is 8.42 Å². The van der Waals surface area contributed by atoms with Gasteiger partial charge in [-0.25, -0.2) is 8.42 Å². The molecule has 0 fully saturated rings. The van der Waals surface area contributed by atoms with Crippen LogP contribution in [-0.4, -0.2) is 32.4 Å². The van der Waals surface area contributed by atoms with Crippen molar-refractivity contribution in [3.63, 3.8) is 0 Å². The van der Waals surface area contributed by atoms with Gasteiger partial charge >= 0.3 is 0 Å². The lowest BCUT2D eigenvalue weighted by atomic mass is 10.1. The third kappa shape index (κ3) is 3.94. The molecule has 2 aromatic carbocycles. The summed E-state index contributed by atoms with van der Waals surface area (Å²) < 4.78 is 27.1. The minimum atomic E-state index is -3.51. The maximum Gasteiger partial charge on any atom is 0.243 e. The maximum atomic E-state index is 12.8. The summed E-state index contributed by atoms with van der Waals surface area (Å²) in [5, 5.41) is 0. The zero-order chi connectivity index (χ0) is 16.0. The van der Waals surface area contributed by atoms with Crippen LogP contribution in [0.15, 0.2) is 59.5 Å². The van der Waals surface area contributed by atoms with Crippen molar-refractivity contribution in [1.82, 2.24) is 4.31 Å². The Balaban J connectivity index is 2.21. The van der Waals surface area contributed by atoms with E-state index in [0.29, 0.717) is 31.0 Å². The summed E-state index contributed by atoms with van der Waals surface area (Å²) in [6.45, 7) is 2.87. The molecule has 0 aliphatic carbocycles. The van der Waals surface area contributed by atoms with Crippen LogP contribution in [0.2, 0.25) is 0 Å². The molecule has 0 atom stereocenters. The van der Waals surface area contributed by atoms with Gasteiger partial charge in [-0.3, -0.25) is 0 Å². The number of benzene rings is 2. The van der Waals surface area contributed by atoms with Crippen molar-refractivity contribution in [2.75, 3.05) is 19.6 Å². The highest BCUT2D eigenvalue weighted by Gasteiger charge is 2.24. The lowest BCUT2D eigenvalue weighted by molar-refractivity contribution is 0.421. The molecule has 2 rings (SSSR count). The molecule has 0 unspecified atom stereocenters. The van der Waals surface area contributed by atoms with Crippen LogP contribution in [0, 0.1) is 6.92 Å². The highest BCUT2D eigenvalue weighted by molar-refractivity contribution is 7.89. The summed E-state index contributed by atoms with van der Waals surface area (Å²) in [4.78, 5) is 0.358. The first-order valence-corrected chi connectivity index (χ1v) is 8.79. The van der Waals surface area contributed by atoms with Gasteiger partial charge in [-0.05, 0) is 30.5 Å². The lowest BCUT2D eigenvalue weighted by Crippen LogP contribution is -2.37. The van der Waals surface area contributed by atoms with Crippen LogP contribution in [0.4, 0.5) is 0 Å². The van der Waals surface area contributed by atoms with E-state index in [2.05, 4.69) is 0 Å². The van der Waals surface area contributed by atoms with Crippen molar-refractivity contribution < 1.29 is 8.42 Å². The number of hydrogen-bond acceptors (Lipinski definition) is 3. The van der Waals surface area contributed by atoms with Gasteiger partial charge in [0.2, 0.25) is 10.0 Å². The predicted molar refractivity (Wildman–Crippen MR) is 89.1 cm³/mol. The van der Waals surface area contributed by atoms with E-state index in [4.69, 9.17) is 5.73 Å². The van der Waals surface area contributed by atoms with E-state index < -0.39 is 10.0 Å². The summed E-state index contributed by atoms with van der Waals surface area (Å²) >= 11 is 0. The van der Waals surface area contributed by atoms with Crippen molar-refractivity contribution >= 4 is 10.0 Å². The van der Waals surface area contributed by atoms with Gasteiger partial charge in [-0.2, -0.15) is 4.31 Å². The summed E-state index contributed by atoms with van der Waals surface area (Å²) in [5.41, 5.74) is 7.47. The van der Waals surface area contributed by atoms with Crippen molar-refractivity contribution in [1.29, 1.82) is 0 Å². The molecular weight excluding hydrogens is 296 g/mol. The van der Waals surface area contributed by atoms with Crippen molar-refractivity contribution in [3.05, 3.63) is 65.7 Å². The first-order valence-electron chi connectivity index (χ1n) is 7.35. The highest BCUT2D eigenvalue weighted by atomic mass is 32.2. The molecule has 118 valence electrons. The first kappa shape index (κ1) is 16.7. The molecule has 2 N–H and O–H groups in total. The number of sulfonamides is 1. The van der Waals surface area contributed by atoms with Gasteiger partial charge in [0, 0.05) is 19.6 Å². The van der Waals surface area contributed by atoms with E-state index in [1.54, 1.807) is 12.1 Å². The van der Waals surface area contributed by atoms with Gasteiger partial charge in [0.05, 0.1) is 4.90 Å². The second kappa shape index (κ2) is 7.54. The normalized spacial score (nSPS) is 11.8. The quantitative estimate of drug-likeness (QED) is 0.851. The van der Waals surface area contributed by atoms with Crippen molar-refractivity contribution in [3.8, 4) is 0 Å². The van der Waals surface area contributed by atoms with Crippen LogP contribution >= 0.6 is 0 Å². The molecule has 2 aromatic rings. The van der Waals surface area contributed by atoms with Crippen molar-refractivity contribution in [2.45, 2.75) is 18.2 Å². The summed E-state index contributed by atoms with van der Waals surface area (Å²) in [6, 6.07) is 16.9. The molecule has 0 aromatic heterocycles. The van der Waals surface area contributed by atoms with Crippen LogP contribution in [-0.2, 0) is 16.4 Å². The van der Waals surface area contributed by atoms with E-state index >= 15 is 0 Å². The molecule has 0 aliphatic heterocycles. The number of rotatable bonds is 7. The smallest absolute Gasteiger partial charge is 0.243 e. The van der Waals surface area contributed by atoms with E-state index in [1.165, 1.54) is 4.31 Å². The fourth-order valence-electron chi connectivity index (χ4n) is 2.38. The minimum Gasteiger partial charge on any atom is -0.329 e. The minimum absolute atomic E-state index is 0.305. The van der Waals surface area contributed by atoms with Gasteiger partial charge in [-0.1, -0.05) is 48.5 Å². The first-order chi connectivity index (χ1) is 10.6. The van der Waals surface area contributed by atoms with Crippen LogP contribution in [0.5, 0.6) is 0 Å². The second-order valence-electron chi connectivity index (χ2n) is 5.19. The Labute approximate surface area is 132 Å². The summed E-state index contributed by atoms with van der Waals surface area (Å²) in [6.07, 6.45) is 0.673. The Hall–Kier alpha value is -1.69. The molecule has 4 nitrogen and oxygen atoms in total. The SMILES string of the molecule is Cc1ccccc1S(=O)(=O)N(CCN)CCc1ccccc1. The third-order valence-corrected chi connectivity index (χ3v) is 5.64. The highest BCUT2D eigenvalue weighted by Crippen LogP contribution is 2.19. The molecule has 0 amide bonds. The monoisotopic (exact) mass is 318 g/mol. The van der Waals surface area contributed by atoms with Gasteiger partial charge in [0.15, 0.2) is 0 Å². The molecule has 0 aliphatic rings. The predicted octanol–water partition coefficient (Wildman–Crippen LogP) is 2.19. The topological polar surface area (TPSA) is 63.4 Å². The molecule has 0 saturated carbocycles. The summed E-state index contributed by atoms with van der Waals surface area (Å²) in [7, 11) is -3.51. The van der Waals surface area contributed by atoms with Crippen LogP contribution < -0.4 is 5.73 Å².